The molecular formula is C17H13F3N2O6. The SMILES string of the molecule is O=C(COC(=O)[C@H](O)c1ccccc1)Nc1ccc(C(F)(F)F)cc1[N+](=O)[O-]. The quantitative estimate of drug-likeness (QED) is 0.439. The lowest BCUT2D eigenvalue weighted by molar-refractivity contribution is -0.384. The van der Waals surface area contributed by atoms with E-state index in [2.05, 4.69) is 4.74 Å². The molecule has 148 valence electrons. The van der Waals surface area contributed by atoms with Crippen LogP contribution in [0.4, 0.5) is 24.5 Å². The molecule has 2 aromatic carbocycles. The molecule has 0 heterocycles. The van der Waals surface area contributed by atoms with E-state index in [4.69, 9.17) is 0 Å². The van der Waals surface area contributed by atoms with Crippen molar-refractivity contribution in [1.29, 1.82) is 0 Å². The van der Waals surface area contributed by atoms with E-state index in [-0.39, 0.29) is 11.6 Å². The Morgan fingerprint density at radius 3 is 2.39 bits per heavy atom. The van der Waals surface area contributed by atoms with Crippen LogP contribution in [0.5, 0.6) is 0 Å². The summed E-state index contributed by atoms with van der Waals surface area (Å²) >= 11 is 0. The number of anilines is 1. The van der Waals surface area contributed by atoms with Crippen molar-refractivity contribution in [2.75, 3.05) is 11.9 Å². The standard InChI is InChI=1S/C17H13F3N2O6/c18-17(19,20)11-6-7-12(13(8-11)22(26)27)21-14(23)9-28-16(25)15(24)10-4-2-1-3-5-10/h1-8,15,24H,9H2,(H,21,23)/t15-/m1/s1. The van der Waals surface area contributed by atoms with E-state index < -0.39 is 52.6 Å². The summed E-state index contributed by atoms with van der Waals surface area (Å²) in [4.78, 5) is 33.4. The summed E-state index contributed by atoms with van der Waals surface area (Å²) in [5.74, 6) is -2.17. The third kappa shape index (κ3) is 5.27. The van der Waals surface area contributed by atoms with Crippen LogP contribution in [0.3, 0.4) is 0 Å². The van der Waals surface area contributed by atoms with Crippen molar-refractivity contribution < 1.29 is 37.5 Å². The van der Waals surface area contributed by atoms with Gasteiger partial charge in [-0.3, -0.25) is 14.9 Å². The third-order valence-corrected chi connectivity index (χ3v) is 3.48. The lowest BCUT2D eigenvalue weighted by atomic mass is 10.1. The van der Waals surface area contributed by atoms with Gasteiger partial charge in [-0.2, -0.15) is 13.2 Å². The topological polar surface area (TPSA) is 119 Å². The highest BCUT2D eigenvalue weighted by atomic mass is 19.4. The third-order valence-electron chi connectivity index (χ3n) is 3.48. The van der Waals surface area contributed by atoms with E-state index in [0.717, 1.165) is 6.07 Å². The highest BCUT2D eigenvalue weighted by Gasteiger charge is 2.33. The molecule has 0 aromatic heterocycles. The Hall–Kier alpha value is -3.47. The number of ether oxygens (including phenoxy) is 1. The van der Waals surface area contributed by atoms with Gasteiger partial charge in [-0.1, -0.05) is 30.3 Å². The number of carbonyl (C=O) groups is 2. The molecule has 1 atom stereocenters. The predicted molar refractivity (Wildman–Crippen MR) is 89.1 cm³/mol. The Bertz CT molecular complexity index is 886. The molecule has 8 nitrogen and oxygen atoms in total. The van der Waals surface area contributed by atoms with Crippen LogP contribution in [0.15, 0.2) is 48.5 Å². The second-order valence-corrected chi connectivity index (χ2v) is 5.46. The number of carbonyl (C=O) groups excluding carboxylic acids is 2. The molecule has 1 amide bonds. The van der Waals surface area contributed by atoms with Crippen molar-refractivity contribution in [2.45, 2.75) is 12.3 Å². The molecule has 0 fully saturated rings. The van der Waals surface area contributed by atoms with Gasteiger partial charge in [0.15, 0.2) is 12.7 Å². The summed E-state index contributed by atoms with van der Waals surface area (Å²) in [5, 5.41) is 22.8. The van der Waals surface area contributed by atoms with Crippen molar-refractivity contribution >= 4 is 23.3 Å². The summed E-state index contributed by atoms with van der Waals surface area (Å²) in [6, 6.07) is 9.28. The minimum Gasteiger partial charge on any atom is -0.453 e. The smallest absolute Gasteiger partial charge is 0.416 e. The molecular weight excluding hydrogens is 385 g/mol. The zero-order valence-corrected chi connectivity index (χ0v) is 14.0. The zero-order valence-electron chi connectivity index (χ0n) is 14.0. The summed E-state index contributed by atoms with van der Waals surface area (Å²) in [6.45, 7) is -0.902. The minimum atomic E-state index is -4.80. The summed E-state index contributed by atoms with van der Waals surface area (Å²) in [7, 11) is 0. The van der Waals surface area contributed by atoms with Crippen LogP contribution in [0, 0.1) is 10.1 Å². The van der Waals surface area contributed by atoms with Crippen LogP contribution < -0.4 is 5.32 Å². The van der Waals surface area contributed by atoms with Crippen LogP contribution in [-0.4, -0.2) is 28.5 Å². The minimum absolute atomic E-state index is 0.228. The maximum Gasteiger partial charge on any atom is 0.416 e. The maximum absolute atomic E-state index is 12.7. The largest absolute Gasteiger partial charge is 0.453 e. The average molecular weight is 398 g/mol. The number of alkyl halides is 3. The lowest BCUT2D eigenvalue weighted by Gasteiger charge is -2.12. The summed E-state index contributed by atoms with van der Waals surface area (Å²) in [6.07, 6.45) is -6.44. The molecule has 0 aliphatic carbocycles. The highest BCUT2D eigenvalue weighted by molar-refractivity contribution is 5.95. The van der Waals surface area contributed by atoms with Gasteiger partial charge in [0.1, 0.15) is 5.69 Å². The van der Waals surface area contributed by atoms with Crippen LogP contribution in [0.2, 0.25) is 0 Å². The first-order valence-corrected chi connectivity index (χ1v) is 7.64. The first kappa shape index (κ1) is 20.8. The molecule has 0 bridgehead atoms. The Labute approximate surface area is 155 Å². The van der Waals surface area contributed by atoms with E-state index in [1.54, 1.807) is 18.2 Å². The second kappa shape index (κ2) is 8.48. The van der Waals surface area contributed by atoms with Gasteiger partial charge in [0.2, 0.25) is 0 Å². The molecule has 11 heteroatoms. The Balaban J connectivity index is 2.03. The van der Waals surface area contributed by atoms with Gasteiger partial charge in [-0.25, -0.2) is 4.79 Å². The highest BCUT2D eigenvalue weighted by Crippen LogP contribution is 2.34. The van der Waals surface area contributed by atoms with E-state index in [1.165, 1.54) is 12.1 Å². The van der Waals surface area contributed by atoms with Gasteiger partial charge in [0, 0.05) is 6.07 Å². The number of hydrogen-bond donors (Lipinski definition) is 2. The van der Waals surface area contributed by atoms with E-state index in [9.17, 15) is 38.0 Å². The molecule has 0 aliphatic rings. The molecule has 0 saturated heterocycles. The van der Waals surface area contributed by atoms with E-state index >= 15 is 0 Å². The fourth-order valence-electron chi connectivity index (χ4n) is 2.14. The van der Waals surface area contributed by atoms with Crippen molar-refractivity contribution in [3.05, 3.63) is 69.8 Å². The lowest BCUT2D eigenvalue weighted by Crippen LogP contribution is -2.24. The maximum atomic E-state index is 12.7. The van der Waals surface area contributed by atoms with Gasteiger partial charge < -0.3 is 15.2 Å². The number of nitro benzene ring substituents is 1. The fourth-order valence-corrected chi connectivity index (χ4v) is 2.14. The molecule has 0 aliphatic heterocycles. The Kier molecular flexibility index (Phi) is 6.31. The first-order chi connectivity index (χ1) is 13.1. The fraction of sp³-hybridized carbons (Fsp3) is 0.176. The second-order valence-electron chi connectivity index (χ2n) is 5.46. The zero-order chi connectivity index (χ0) is 20.9. The van der Waals surface area contributed by atoms with Gasteiger partial charge in [0.05, 0.1) is 10.5 Å². The van der Waals surface area contributed by atoms with Gasteiger partial charge in [0.25, 0.3) is 11.6 Å². The Morgan fingerprint density at radius 2 is 1.82 bits per heavy atom. The van der Waals surface area contributed by atoms with Gasteiger partial charge >= 0.3 is 12.1 Å². The molecule has 0 spiro atoms. The number of esters is 1. The number of nitrogens with zero attached hydrogens (tertiary/aromatic N) is 1. The van der Waals surface area contributed by atoms with Crippen LogP contribution in [0.25, 0.3) is 0 Å². The van der Waals surface area contributed by atoms with Crippen molar-refractivity contribution in [2.24, 2.45) is 0 Å². The number of nitrogens with one attached hydrogen (secondary N) is 1. The van der Waals surface area contributed by atoms with Crippen molar-refractivity contribution in [3.63, 3.8) is 0 Å². The number of rotatable bonds is 6. The predicted octanol–water partition coefficient (Wildman–Crippen LogP) is 2.83. The number of amides is 1. The number of aliphatic hydroxyl groups excluding tert-OH is 1. The molecule has 0 saturated carbocycles. The molecule has 0 radical (unpaired) electrons. The number of benzene rings is 2. The van der Waals surface area contributed by atoms with Crippen LogP contribution in [-0.2, 0) is 20.5 Å². The number of aliphatic hydroxyl groups is 1. The van der Waals surface area contributed by atoms with Gasteiger partial charge in [-0.05, 0) is 17.7 Å². The first-order valence-electron chi connectivity index (χ1n) is 7.64. The molecule has 2 aromatic rings. The number of halogens is 3. The van der Waals surface area contributed by atoms with Crippen molar-refractivity contribution in [3.8, 4) is 0 Å². The van der Waals surface area contributed by atoms with Gasteiger partial charge in [-0.15, -0.1) is 0 Å². The summed E-state index contributed by atoms with van der Waals surface area (Å²) in [5.41, 5.74) is -2.50. The molecule has 28 heavy (non-hydrogen) atoms. The summed E-state index contributed by atoms with van der Waals surface area (Å²) < 4.78 is 42.6. The Morgan fingerprint density at radius 1 is 1.18 bits per heavy atom. The molecule has 2 rings (SSSR count). The van der Waals surface area contributed by atoms with Crippen molar-refractivity contribution in [1.82, 2.24) is 0 Å². The normalized spacial score (nSPS) is 12.1. The molecule has 0 unspecified atom stereocenters. The van der Waals surface area contributed by atoms with Crippen LogP contribution >= 0.6 is 0 Å². The molecule has 2 N–H and O–H groups in total. The average Bonchev–Trinajstić information content (AvgIpc) is 2.65. The number of hydrogen-bond acceptors (Lipinski definition) is 6. The van der Waals surface area contributed by atoms with E-state index in [0.29, 0.717) is 6.07 Å². The van der Waals surface area contributed by atoms with E-state index in [1.807, 2.05) is 5.32 Å². The van der Waals surface area contributed by atoms with Crippen LogP contribution in [0.1, 0.15) is 17.2 Å². The monoisotopic (exact) mass is 398 g/mol. The number of nitro groups is 1.